The zero-order chi connectivity index (χ0) is 15.7. The molecule has 0 radical (unpaired) electrons. The third-order valence-corrected chi connectivity index (χ3v) is 4.71. The minimum atomic E-state index is -0.146. The van der Waals surface area contributed by atoms with Crippen molar-refractivity contribution >= 4 is 28.8 Å². The van der Waals surface area contributed by atoms with Crippen LogP contribution in [0.15, 0.2) is 53.5 Å². The lowest BCUT2D eigenvalue weighted by Crippen LogP contribution is -2.54. The van der Waals surface area contributed by atoms with Gasteiger partial charge in [0.2, 0.25) is 0 Å². The maximum absolute atomic E-state index is 6.07. The predicted molar refractivity (Wildman–Crippen MR) is 96.5 cm³/mol. The highest BCUT2D eigenvalue weighted by Crippen LogP contribution is 2.34. The molecule has 0 saturated carbocycles. The minimum Gasteiger partial charge on any atom is -0.370 e. The SMILES string of the molecule is Clc1cccc(CN=C2Nc3ccccc3NC23CCNC3)c1. The van der Waals surface area contributed by atoms with Crippen LogP contribution < -0.4 is 16.0 Å². The normalized spacial score (nSPS) is 24.3. The molecule has 1 saturated heterocycles. The lowest BCUT2D eigenvalue weighted by Gasteiger charge is -2.38. The van der Waals surface area contributed by atoms with E-state index in [4.69, 9.17) is 16.6 Å². The van der Waals surface area contributed by atoms with Gasteiger partial charge in [-0.3, -0.25) is 4.99 Å². The van der Waals surface area contributed by atoms with Gasteiger partial charge in [0, 0.05) is 11.6 Å². The Morgan fingerprint density at radius 3 is 2.74 bits per heavy atom. The Balaban J connectivity index is 1.66. The number of nitrogens with one attached hydrogen (secondary N) is 3. The van der Waals surface area contributed by atoms with Crippen molar-refractivity contribution in [3.63, 3.8) is 0 Å². The summed E-state index contributed by atoms with van der Waals surface area (Å²) < 4.78 is 0. The van der Waals surface area contributed by atoms with Gasteiger partial charge in [0.1, 0.15) is 11.4 Å². The molecule has 23 heavy (non-hydrogen) atoms. The number of fused-ring (bicyclic) bond motifs is 1. The van der Waals surface area contributed by atoms with E-state index in [0.717, 1.165) is 47.3 Å². The highest BCUT2D eigenvalue weighted by Gasteiger charge is 2.42. The molecule has 3 N–H and O–H groups in total. The first-order valence-corrected chi connectivity index (χ1v) is 8.27. The zero-order valence-electron chi connectivity index (χ0n) is 12.8. The van der Waals surface area contributed by atoms with Crippen molar-refractivity contribution in [1.82, 2.24) is 5.32 Å². The third-order valence-electron chi connectivity index (χ3n) is 4.47. The quantitative estimate of drug-likeness (QED) is 0.791. The zero-order valence-corrected chi connectivity index (χ0v) is 13.5. The summed E-state index contributed by atoms with van der Waals surface area (Å²) in [7, 11) is 0. The summed E-state index contributed by atoms with van der Waals surface area (Å²) in [6.45, 7) is 2.49. The van der Waals surface area contributed by atoms with Gasteiger partial charge >= 0.3 is 0 Å². The molecule has 4 rings (SSSR count). The van der Waals surface area contributed by atoms with E-state index in [1.165, 1.54) is 0 Å². The monoisotopic (exact) mass is 326 g/mol. The number of nitrogens with zero attached hydrogens (tertiary/aromatic N) is 1. The standard InChI is InChI=1S/C18H19ClN4/c19-14-5-3-4-13(10-14)11-21-17-18(8-9-20-12-18)23-16-7-2-1-6-15(16)22-17/h1-7,10,20,23H,8-9,11-12H2,(H,21,22). The Kier molecular flexibility index (Phi) is 3.71. The summed E-state index contributed by atoms with van der Waals surface area (Å²) in [4.78, 5) is 4.87. The molecule has 0 amide bonds. The van der Waals surface area contributed by atoms with E-state index < -0.39 is 0 Å². The Morgan fingerprint density at radius 1 is 1.09 bits per heavy atom. The van der Waals surface area contributed by atoms with E-state index in [0.29, 0.717) is 6.54 Å². The number of amidine groups is 1. The fourth-order valence-electron chi connectivity index (χ4n) is 3.26. The number of rotatable bonds is 2. The lowest BCUT2D eigenvalue weighted by molar-refractivity contribution is 0.664. The van der Waals surface area contributed by atoms with Gasteiger partial charge in [0.25, 0.3) is 0 Å². The molecule has 2 heterocycles. The van der Waals surface area contributed by atoms with Crippen LogP contribution in [0.5, 0.6) is 0 Å². The number of benzene rings is 2. The van der Waals surface area contributed by atoms with Crippen molar-refractivity contribution in [2.45, 2.75) is 18.5 Å². The van der Waals surface area contributed by atoms with Crippen LogP contribution in [0.4, 0.5) is 11.4 Å². The molecule has 2 aliphatic rings. The molecule has 1 fully saturated rings. The van der Waals surface area contributed by atoms with E-state index in [2.05, 4.69) is 40.2 Å². The molecular weight excluding hydrogens is 308 g/mol. The minimum absolute atomic E-state index is 0.146. The Labute approximate surface area is 141 Å². The first kappa shape index (κ1) is 14.5. The van der Waals surface area contributed by atoms with Crippen molar-refractivity contribution in [1.29, 1.82) is 0 Å². The first-order chi connectivity index (χ1) is 11.3. The van der Waals surface area contributed by atoms with E-state index in [1.807, 2.05) is 24.3 Å². The molecule has 118 valence electrons. The smallest absolute Gasteiger partial charge is 0.128 e. The predicted octanol–water partition coefficient (Wildman–Crippen LogP) is 3.51. The van der Waals surface area contributed by atoms with Crippen molar-refractivity contribution in [2.75, 3.05) is 23.7 Å². The molecule has 1 spiro atoms. The number of hydrogen-bond acceptors (Lipinski definition) is 3. The lowest BCUT2D eigenvalue weighted by atomic mass is 9.93. The molecule has 2 aromatic rings. The number of halogens is 1. The van der Waals surface area contributed by atoms with E-state index in [-0.39, 0.29) is 5.54 Å². The van der Waals surface area contributed by atoms with Crippen molar-refractivity contribution in [2.24, 2.45) is 4.99 Å². The average Bonchev–Trinajstić information content (AvgIpc) is 3.02. The molecule has 2 aromatic carbocycles. The number of para-hydroxylation sites is 2. The largest absolute Gasteiger partial charge is 0.370 e. The van der Waals surface area contributed by atoms with E-state index in [9.17, 15) is 0 Å². The van der Waals surface area contributed by atoms with E-state index in [1.54, 1.807) is 0 Å². The van der Waals surface area contributed by atoms with Crippen molar-refractivity contribution in [3.05, 3.63) is 59.1 Å². The van der Waals surface area contributed by atoms with Gasteiger partial charge in [-0.25, -0.2) is 0 Å². The molecule has 0 bridgehead atoms. The van der Waals surface area contributed by atoms with Gasteiger partial charge in [-0.1, -0.05) is 35.9 Å². The summed E-state index contributed by atoms with van der Waals surface area (Å²) >= 11 is 6.07. The first-order valence-electron chi connectivity index (χ1n) is 7.90. The third kappa shape index (κ3) is 2.80. The van der Waals surface area contributed by atoms with Crippen LogP contribution in [0.1, 0.15) is 12.0 Å². The highest BCUT2D eigenvalue weighted by molar-refractivity contribution is 6.30. The Hall–Kier alpha value is -2.04. The topological polar surface area (TPSA) is 48.5 Å². The second-order valence-corrected chi connectivity index (χ2v) is 6.54. The molecular formula is C18H19ClN4. The van der Waals surface area contributed by atoms with Crippen LogP contribution in [0.2, 0.25) is 5.02 Å². The molecule has 1 unspecified atom stereocenters. The molecule has 0 aliphatic carbocycles. The second-order valence-electron chi connectivity index (χ2n) is 6.10. The highest BCUT2D eigenvalue weighted by atomic mass is 35.5. The number of anilines is 2. The Bertz CT molecular complexity index is 750. The van der Waals surface area contributed by atoms with Crippen LogP contribution in [0, 0.1) is 0 Å². The molecule has 0 aromatic heterocycles. The van der Waals surface area contributed by atoms with Crippen molar-refractivity contribution < 1.29 is 0 Å². The molecule has 2 aliphatic heterocycles. The summed E-state index contributed by atoms with van der Waals surface area (Å²) in [5, 5.41) is 11.4. The van der Waals surface area contributed by atoms with Gasteiger partial charge < -0.3 is 16.0 Å². The molecule has 5 heteroatoms. The summed E-state index contributed by atoms with van der Waals surface area (Å²) in [6.07, 6.45) is 1.02. The van der Waals surface area contributed by atoms with Crippen LogP contribution in [0.3, 0.4) is 0 Å². The summed E-state index contributed by atoms with van der Waals surface area (Å²) in [5.74, 6) is 1.00. The number of hydrogen-bond donors (Lipinski definition) is 3. The fourth-order valence-corrected chi connectivity index (χ4v) is 3.48. The van der Waals surface area contributed by atoms with Gasteiger partial charge in [-0.2, -0.15) is 0 Å². The van der Waals surface area contributed by atoms with Crippen LogP contribution >= 0.6 is 11.6 Å². The van der Waals surface area contributed by atoms with Gasteiger partial charge in [0.15, 0.2) is 0 Å². The Morgan fingerprint density at radius 2 is 1.96 bits per heavy atom. The number of aliphatic imine (C=N–C) groups is 1. The van der Waals surface area contributed by atoms with Crippen LogP contribution in [0.25, 0.3) is 0 Å². The summed E-state index contributed by atoms with van der Waals surface area (Å²) in [5.41, 5.74) is 3.19. The van der Waals surface area contributed by atoms with Crippen LogP contribution in [-0.2, 0) is 6.54 Å². The maximum Gasteiger partial charge on any atom is 0.128 e. The maximum atomic E-state index is 6.07. The molecule has 4 nitrogen and oxygen atoms in total. The fraction of sp³-hybridized carbons (Fsp3) is 0.278. The average molecular weight is 327 g/mol. The summed E-state index contributed by atoms with van der Waals surface area (Å²) in [6, 6.07) is 16.1. The van der Waals surface area contributed by atoms with Gasteiger partial charge in [-0.15, -0.1) is 0 Å². The second kappa shape index (κ2) is 5.87. The van der Waals surface area contributed by atoms with Crippen molar-refractivity contribution in [3.8, 4) is 0 Å². The van der Waals surface area contributed by atoms with Gasteiger partial charge in [-0.05, 0) is 42.8 Å². The van der Waals surface area contributed by atoms with E-state index >= 15 is 0 Å². The van der Waals surface area contributed by atoms with Crippen LogP contribution in [-0.4, -0.2) is 24.5 Å². The molecule has 1 atom stereocenters. The van der Waals surface area contributed by atoms with Gasteiger partial charge in [0.05, 0.1) is 17.9 Å².